The Bertz CT molecular complexity index is 1040. The molecule has 1 N–H and O–H groups in total. The number of piperidine rings is 1. The second-order valence-corrected chi connectivity index (χ2v) is 8.83. The van der Waals surface area contributed by atoms with Gasteiger partial charge >= 0.3 is 0 Å². The highest BCUT2D eigenvalue weighted by molar-refractivity contribution is 5.55. The fraction of sp³-hybridized carbons (Fsp3) is 0.333. The smallest absolute Gasteiger partial charge is 0.128 e. The van der Waals surface area contributed by atoms with E-state index in [1.54, 1.807) is 6.07 Å². The molecule has 0 amide bonds. The summed E-state index contributed by atoms with van der Waals surface area (Å²) in [4.78, 5) is 18.2. The van der Waals surface area contributed by atoms with Crippen molar-refractivity contribution in [2.24, 2.45) is 5.92 Å². The Hall–Kier alpha value is -3.14. The summed E-state index contributed by atoms with van der Waals surface area (Å²) in [6, 6.07) is 20.9. The minimum absolute atomic E-state index is 0.192. The molecule has 158 valence electrons. The van der Waals surface area contributed by atoms with Crippen molar-refractivity contribution in [1.82, 2.24) is 4.98 Å². The molecule has 0 spiro atoms. The lowest BCUT2D eigenvalue weighted by Gasteiger charge is -2.35. The molecule has 5 rings (SSSR count). The first-order valence-electron chi connectivity index (χ1n) is 11.3. The van der Waals surface area contributed by atoms with Gasteiger partial charge in [0.05, 0.1) is 0 Å². The van der Waals surface area contributed by atoms with Gasteiger partial charge in [-0.2, -0.15) is 0 Å². The van der Waals surface area contributed by atoms with E-state index in [0.29, 0.717) is 11.7 Å². The number of rotatable bonds is 4. The molecule has 2 heterocycles. The van der Waals surface area contributed by atoms with Crippen LogP contribution in [0.3, 0.4) is 0 Å². The number of fused-ring (bicyclic) bond motifs is 1. The molecule has 0 saturated carbocycles. The van der Waals surface area contributed by atoms with Crippen LogP contribution in [-0.4, -0.2) is 29.5 Å². The highest BCUT2D eigenvalue weighted by atomic mass is 16.3. The van der Waals surface area contributed by atoms with E-state index in [2.05, 4.69) is 53.4 Å². The number of aromatic nitrogens is 1. The van der Waals surface area contributed by atoms with Gasteiger partial charge in [-0.15, -0.1) is 0 Å². The number of phenolic OH excluding ortho intramolecular Hbond substituents is 1. The van der Waals surface area contributed by atoms with Crippen LogP contribution in [0.5, 0.6) is 5.75 Å². The second-order valence-electron chi connectivity index (χ2n) is 8.83. The summed E-state index contributed by atoms with van der Waals surface area (Å²) in [5.74, 6) is 2.12. The van der Waals surface area contributed by atoms with E-state index in [1.807, 2.05) is 12.3 Å². The molecule has 0 unspecified atom stereocenters. The van der Waals surface area contributed by atoms with Crippen LogP contribution in [0.1, 0.15) is 53.4 Å². The Labute approximate surface area is 183 Å². The van der Waals surface area contributed by atoms with Gasteiger partial charge in [-0.3, -0.25) is 0 Å². The number of carbonyl (C=O) groups is 1. The molecule has 2 aromatic carbocycles. The molecule has 2 aliphatic rings. The number of aldehydes is 1. The van der Waals surface area contributed by atoms with E-state index >= 15 is 0 Å². The van der Waals surface area contributed by atoms with Crippen LogP contribution >= 0.6 is 0 Å². The van der Waals surface area contributed by atoms with Crippen LogP contribution in [0.15, 0.2) is 66.9 Å². The third-order valence-electron chi connectivity index (χ3n) is 7.00. The van der Waals surface area contributed by atoms with E-state index < -0.39 is 0 Å². The van der Waals surface area contributed by atoms with Crippen LogP contribution in [0.25, 0.3) is 0 Å². The third kappa shape index (κ3) is 3.95. The standard InChI is InChI=1S/C27H28N2O2/c30-18-19-12-14-29(15-13-19)26-11-7-22(17-28-26)27-24(20-4-2-1-3-5-20)9-6-21-16-23(31)8-10-25(21)27/h1-5,7-8,10-11,16-19,24,27,31H,6,9,12-15H2/t24-,27+/m0/s1. The molecule has 4 heteroatoms. The summed E-state index contributed by atoms with van der Waals surface area (Å²) in [6.45, 7) is 1.77. The zero-order valence-electron chi connectivity index (χ0n) is 17.7. The quantitative estimate of drug-likeness (QED) is 0.608. The summed E-state index contributed by atoms with van der Waals surface area (Å²) < 4.78 is 0. The van der Waals surface area contributed by atoms with E-state index in [4.69, 9.17) is 4.98 Å². The average Bonchev–Trinajstić information content (AvgIpc) is 2.84. The van der Waals surface area contributed by atoms with Gasteiger partial charge < -0.3 is 14.8 Å². The summed E-state index contributed by atoms with van der Waals surface area (Å²) in [5.41, 5.74) is 5.09. The van der Waals surface area contributed by atoms with Crippen molar-refractivity contribution in [3.05, 3.63) is 89.1 Å². The van der Waals surface area contributed by atoms with Crippen molar-refractivity contribution in [2.45, 2.75) is 37.5 Å². The van der Waals surface area contributed by atoms with Gasteiger partial charge in [0.2, 0.25) is 0 Å². The van der Waals surface area contributed by atoms with Crippen molar-refractivity contribution in [1.29, 1.82) is 0 Å². The first kappa shape index (κ1) is 19.8. The Kier molecular flexibility index (Phi) is 5.46. The fourth-order valence-electron chi connectivity index (χ4n) is 5.31. The molecule has 3 aromatic rings. The maximum absolute atomic E-state index is 11.0. The molecule has 1 fully saturated rings. The molecular weight excluding hydrogens is 384 g/mol. The minimum atomic E-state index is 0.192. The molecule has 4 nitrogen and oxygen atoms in total. The van der Waals surface area contributed by atoms with E-state index in [0.717, 1.165) is 50.9 Å². The number of hydrogen-bond donors (Lipinski definition) is 1. The Balaban J connectivity index is 1.47. The summed E-state index contributed by atoms with van der Waals surface area (Å²) in [7, 11) is 0. The molecule has 1 aliphatic carbocycles. The number of hydrogen-bond acceptors (Lipinski definition) is 4. The number of aryl methyl sites for hydroxylation is 1. The average molecular weight is 413 g/mol. The maximum Gasteiger partial charge on any atom is 0.128 e. The van der Waals surface area contributed by atoms with Gasteiger partial charge in [-0.05, 0) is 72.1 Å². The zero-order chi connectivity index (χ0) is 21.2. The summed E-state index contributed by atoms with van der Waals surface area (Å²) in [6.07, 6.45) is 6.95. The second kappa shape index (κ2) is 8.54. The van der Waals surface area contributed by atoms with Crippen molar-refractivity contribution in [3.63, 3.8) is 0 Å². The molecule has 1 aliphatic heterocycles. The number of aromatic hydroxyl groups is 1. The van der Waals surface area contributed by atoms with Gasteiger partial charge in [0.15, 0.2) is 0 Å². The minimum Gasteiger partial charge on any atom is -0.508 e. The molecule has 0 radical (unpaired) electrons. The Morgan fingerprint density at radius 1 is 0.935 bits per heavy atom. The molecular formula is C27H28N2O2. The number of carbonyl (C=O) groups excluding carboxylic acids is 1. The third-order valence-corrected chi connectivity index (χ3v) is 7.00. The number of nitrogens with zero attached hydrogens (tertiary/aromatic N) is 2. The van der Waals surface area contributed by atoms with Crippen LogP contribution in [0.2, 0.25) is 0 Å². The molecule has 2 atom stereocenters. The first-order valence-corrected chi connectivity index (χ1v) is 11.3. The topological polar surface area (TPSA) is 53.4 Å². The molecule has 1 saturated heterocycles. The predicted molar refractivity (Wildman–Crippen MR) is 123 cm³/mol. The number of benzene rings is 2. The maximum atomic E-state index is 11.0. The van der Waals surface area contributed by atoms with Crippen LogP contribution < -0.4 is 4.90 Å². The molecule has 31 heavy (non-hydrogen) atoms. The SMILES string of the molecule is O=CC1CCN(c2ccc([C@H]3c4ccc(O)cc4CC[C@H]3c3ccccc3)cn2)CC1. The highest BCUT2D eigenvalue weighted by Gasteiger charge is 2.32. The lowest BCUT2D eigenvalue weighted by Crippen LogP contribution is -2.34. The van der Waals surface area contributed by atoms with Gasteiger partial charge in [0.1, 0.15) is 17.9 Å². The van der Waals surface area contributed by atoms with Crippen molar-refractivity contribution in [2.75, 3.05) is 18.0 Å². The van der Waals surface area contributed by atoms with Gasteiger partial charge in [0, 0.05) is 31.1 Å². The fourth-order valence-corrected chi connectivity index (χ4v) is 5.31. The van der Waals surface area contributed by atoms with Crippen molar-refractivity contribution in [3.8, 4) is 5.75 Å². The summed E-state index contributed by atoms with van der Waals surface area (Å²) >= 11 is 0. The van der Waals surface area contributed by atoms with E-state index in [-0.39, 0.29) is 11.8 Å². The lowest BCUT2D eigenvalue weighted by molar-refractivity contribution is -0.111. The first-order chi connectivity index (χ1) is 15.2. The summed E-state index contributed by atoms with van der Waals surface area (Å²) in [5, 5.41) is 10.0. The van der Waals surface area contributed by atoms with Gasteiger partial charge in [-0.1, -0.05) is 42.5 Å². The van der Waals surface area contributed by atoms with Crippen LogP contribution in [0, 0.1) is 5.92 Å². The molecule has 1 aromatic heterocycles. The van der Waals surface area contributed by atoms with E-state index in [9.17, 15) is 9.90 Å². The highest BCUT2D eigenvalue weighted by Crippen LogP contribution is 2.46. The van der Waals surface area contributed by atoms with Crippen LogP contribution in [-0.2, 0) is 11.2 Å². The number of pyridine rings is 1. The number of anilines is 1. The lowest BCUT2D eigenvalue weighted by atomic mass is 9.69. The number of phenols is 1. The Morgan fingerprint density at radius 2 is 1.74 bits per heavy atom. The van der Waals surface area contributed by atoms with Gasteiger partial charge in [0.25, 0.3) is 0 Å². The predicted octanol–water partition coefficient (Wildman–Crippen LogP) is 5.06. The molecule has 0 bridgehead atoms. The van der Waals surface area contributed by atoms with Crippen LogP contribution in [0.4, 0.5) is 5.82 Å². The normalized spacial score (nSPS) is 21.5. The largest absolute Gasteiger partial charge is 0.508 e. The zero-order valence-corrected chi connectivity index (χ0v) is 17.7. The monoisotopic (exact) mass is 412 g/mol. The Morgan fingerprint density at radius 3 is 2.45 bits per heavy atom. The van der Waals surface area contributed by atoms with Gasteiger partial charge in [-0.25, -0.2) is 4.98 Å². The van der Waals surface area contributed by atoms with Crippen molar-refractivity contribution < 1.29 is 9.90 Å². The van der Waals surface area contributed by atoms with E-state index in [1.165, 1.54) is 22.3 Å². The van der Waals surface area contributed by atoms with Crippen molar-refractivity contribution >= 4 is 12.1 Å².